The summed E-state index contributed by atoms with van der Waals surface area (Å²) in [6, 6.07) is 0. The van der Waals surface area contributed by atoms with Crippen LogP contribution in [0.2, 0.25) is 0 Å². The van der Waals surface area contributed by atoms with Gasteiger partial charge in [-0.25, -0.2) is 0 Å². The van der Waals surface area contributed by atoms with Gasteiger partial charge in [0.15, 0.2) is 17.9 Å². The lowest BCUT2D eigenvalue weighted by Gasteiger charge is -2.57. The number of fused-ring (bicyclic) bond motifs is 5. The zero-order valence-electron chi connectivity index (χ0n) is 14.9. The van der Waals surface area contributed by atoms with E-state index >= 15 is 0 Å². The molecule has 4 rings (SSSR count). The third kappa shape index (κ3) is 2.12. The number of ketones is 3. The number of Topliss-reactive ketones (excluding diaryl/α,β-unsaturated/α-hetero) is 2. The largest absolute Gasteiger partial charge is 0.367 e. The van der Waals surface area contributed by atoms with Gasteiger partial charge in [0.2, 0.25) is 0 Å². The fourth-order valence-corrected chi connectivity index (χ4v) is 6.51. The van der Waals surface area contributed by atoms with Crippen LogP contribution in [0.1, 0.15) is 51.9 Å². The van der Waals surface area contributed by atoms with E-state index in [0.29, 0.717) is 37.0 Å². The minimum atomic E-state index is -1.09. The average molecular weight is 346 g/mol. The van der Waals surface area contributed by atoms with Crippen LogP contribution in [0.4, 0.5) is 0 Å². The van der Waals surface area contributed by atoms with Gasteiger partial charge in [-0.15, -0.1) is 0 Å². The summed E-state index contributed by atoms with van der Waals surface area (Å²) in [6.45, 7) is 2.06. The van der Waals surface area contributed by atoms with Crippen molar-refractivity contribution < 1.29 is 24.2 Å². The maximum atomic E-state index is 13.0. The number of carbonyl (C=O) groups excluding carboxylic acids is 3. The van der Waals surface area contributed by atoms with Gasteiger partial charge >= 0.3 is 0 Å². The zero-order valence-corrected chi connectivity index (χ0v) is 14.9. The molecule has 0 heterocycles. The minimum absolute atomic E-state index is 0.0441. The fourth-order valence-electron chi connectivity index (χ4n) is 6.51. The molecule has 0 bridgehead atoms. The van der Waals surface area contributed by atoms with Crippen molar-refractivity contribution in [2.24, 2.45) is 28.6 Å². The predicted octanol–water partition coefficient (Wildman–Crippen LogP) is 2.21. The molecule has 0 spiro atoms. The smallest absolute Gasteiger partial charge is 0.164 e. The Balaban J connectivity index is 1.82. The molecule has 4 aliphatic carbocycles. The molecule has 4 aliphatic rings. The van der Waals surface area contributed by atoms with Crippen LogP contribution in [-0.4, -0.2) is 35.9 Å². The normalized spacial score (nSPS) is 44.7. The van der Waals surface area contributed by atoms with Crippen LogP contribution in [0.3, 0.4) is 0 Å². The molecular weight excluding hydrogens is 320 g/mol. The van der Waals surface area contributed by atoms with Gasteiger partial charge < -0.3 is 9.84 Å². The van der Waals surface area contributed by atoms with Crippen LogP contribution in [0, 0.1) is 28.6 Å². The lowest BCUT2D eigenvalue weighted by molar-refractivity contribution is -0.198. The Bertz CT molecular complexity index is 680. The topological polar surface area (TPSA) is 80.7 Å². The van der Waals surface area contributed by atoms with Crippen molar-refractivity contribution in [3.8, 4) is 0 Å². The van der Waals surface area contributed by atoms with Crippen molar-refractivity contribution in [2.75, 3.05) is 7.11 Å². The van der Waals surface area contributed by atoms with Crippen molar-refractivity contribution in [2.45, 2.75) is 58.2 Å². The van der Waals surface area contributed by atoms with Gasteiger partial charge in [0, 0.05) is 37.4 Å². The summed E-state index contributed by atoms with van der Waals surface area (Å²) in [6.07, 6.45) is 4.56. The molecule has 5 heteroatoms. The van der Waals surface area contributed by atoms with E-state index in [1.807, 2.05) is 0 Å². The number of aliphatic hydroxyl groups is 1. The molecule has 0 aromatic carbocycles. The molecule has 136 valence electrons. The van der Waals surface area contributed by atoms with Gasteiger partial charge in [-0.3, -0.25) is 14.4 Å². The van der Waals surface area contributed by atoms with E-state index in [1.54, 1.807) is 0 Å². The third-order valence-corrected chi connectivity index (χ3v) is 7.79. The number of aliphatic hydroxyl groups excluding tert-OH is 1. The summed E-state index contributed by atoms with van der Waals surface area (Å²) in [5, 5.41) is 10.8. The Morgan fingerprint density at radius 3 is 2.64 bits per heavy atom. The maximum absolute atomic E-state index is 13.0. The van der Waals surface area contributed by atoms with E-state index in [2.05, 4.69) is 6.92 Å². The second-order valence-electron chi connectivity index (χ2n) is 8.57. The molecule has 3 saturated carbocycles. The number of ether oxygens (including phenoxy) is 1. The summed E-state index contributed by atoms with van der Waals surface area (Å²) >= 11 is 0. The second-order valence-corrected chi connectivity index (χ2v) is 8.57. The first kappa shape index (κ1) is 17.1. The second kappa shape index (κ2) is 5.58. The SMILES string of the molecule is CO[C@@H](O)[C@]12CCC(=O)C=C1C(=O)C[C@@H]1[C@@H]2CC[C@]2(C)C(=O)CC[C@@H]12. The molecular formula is C20H26O5. The first-order chi connectivity index (χ1) is 11.8. The van der Waals surface area contributed by atoms with E-state index in [0.717, 1.165) is 19.3 Å². The van der Waals surface area contributed by atoms with Crippen molar-refractivity contribution in [1.29, 1.82) is 0 Å². The van der Waals surface area contributed by atoms with E-state index < -0.39 is 11.7 Å². The fraction of sp³-hybridized carbons (Fsp3) is 0.750. The quantitative estimate of drug-likeness (QED) is 0.776. The highest BCUT2D eigenvalue weighted by molar-refractivity contribution is 6.06. The third-order valence-electron chi connectivity index (χ3n) is 7.79. The number of carbonyl (C=O) groups is 3. The molecule has 0 aliphatic heterocycles. The van der Waals surface area contributed by atoms with Crippen molar-refractivity contribution in [3.63, 3.8) is 0 Å². The minimum Gasteiger partial charge on any atom is -0.367 e. The Morgan fingerprint density at radius 1 is 1.16 bits per heavy atom. The first-order valence-corrected chi connectivity index (χ1v) is 9.37. The van der Waals surface area contributed by atoms with Gasteiger partial charge in [-0.2, -0.15) is 0 Å². The molecule has 0 radical (unpaired) electrons. The first-order valence-electron chi connectivity index (χ1n) is 9.37. The highest BCUT2D eigenvalue weighted by Gasteiger charge is 2.64. The van der Waals surface area contributed by atoms with Crippen LogP contribution in [0.25, 0.3) is 0 Å². The highest BCUT2D eigenvalue weighted by atomic mass is 16.6. The van der Waals surface area contributed by atoms with E-state index in [4.69, 9.17) is 4.74 Å². The number of methoxy groups -OCH3 is 1. The van der Waals surface area contributed by atoms with Crippen LogP contribution in [0.15, 0.2) is 11.6 Å². The summed E-state index contributed by atoms with van der Waals surface area (Å²) in [5.74, 6) is 0.607. The molecule has 6 atom stereocenters. The molecule has 0 unspecified atom stereocenters. The van der Waals surface area contributed by atoms with Gasteiger partial charge in [0.1, 0.15) is 5.78 Å². The Kier molecular flexibility index (Phi) is 3.82. The van der Waals surface area contributed by atoms with Crippen LogP contribution >= 0.6 is 0 Å². The zero-order chi connectivity index (χ0) is 18.0. The van der Waals surface area contributed by atoms with E-state index in [-0.39, 0.29) is 34.7 Å². The maximum Gasteiger partial charge on any atom is 0.164 e. The Morgan fingerprint density at radius 2 is 1.92 bits per heavy atom. The molecule has 25 heavy (non-hydrogen) atoms. The van der Waals surface area contributed by atoms with Crippen molar-refractivity contribution in [1.82, 2.24) is 0 Å². The number of rotatable bonds is 2. The molecule has 0 aromatic rings. The van der Waals surface area contributed by atoms with Gasteiger partial charge in [-0.1, -0.05) is 6.92 Å². The van der Waals surface area contributed by atoms with E-state index in [1.165, 1.54) is 13.2 Å². The lowest BCUT2D eigenvalue weighted by Crippen LogP contribution is -2.58. The Labute approximate surface area is 147 Å². The standard InChI is InChI=1S/C20H26O5/c1-19-7-6-14-12(13(19)3-4-17(19)23)10-16(22)15-9-11(21)5-8-20(14,15)18(24)25-2/h9,12-14,18,24H,3-8,10H2,1-2H3/t12-,13-,14-,18+,19-,20-/m0/s1. The van der Waals surface area contributed by atoms with Gasteiger partial charge in [0.25, 0.3) is 0 Å². The van der Waals surface area contributed by atoms with Crippen LogP contribution in [0.5, 0.6) is 0 Å². The molecule has 1 N–H and O–H groups in total. The summed E-state index contributed by atoms with van der Waals surface area (Å²) in [5.41, 5.74) is -0.658. The summed E-state index contributed by atoms with van der Waals surface area (Å²) < 4.78 is 5.32. The molecule has 5 nitrogen and oxygen atoms in total. The highest BCUT2D eigenvalue weighted by Crippen LogP contribution is 2.64. The Hall–Kier alpha value is -1.33. The number of hydrogen-bond acceptors (Lipinski definition) is 5. The summed E-state index contributed by atoms with van der Waals surface area (Å²) in [4.78, 5) is 37.4. The molecule has 0 saturated heterocycles. The lowest BCUT2D eigenvalue weighted by atomic mass is 9.46. The molecule has 3 fully saturated rings. The van der Waals surface area contributed by atoms with Gasteiger partial charge in [-0.05, 0) is 49.5 Å². The number of hydrogen-bond donors (Lipinski definition) is 1. The van der Waals surface area contributed by atoms with Crippen molar-refractivity contribution in [3.05, 3.63) is 11.6 Å². The average Bonchev–Trinajstić information content (AvgIpc) is 2.90. The van der Waals surface area contributed by atoms with Gasteiger partial charge in [0.05, 0.1) is 5.41 Å². The summed E-state index contributed by atoms with van der Waals surface area (Å²) in [7, 11) is 1.45. The van der Waals surface area contributed by atoms with Crippen LogP contribution < -0.4 is 0 Å². The van der Waals surface area contributed by atoms with Crippen LogP contribution in [-0.2, 0) is 19.1 Å². The predicted molar refractivity (Wildman–Crippen MR) is 89.4 cm³/mol. The van der Waals surface area contributed by atoms with E-state index in [9.17, 15) is 19.5 Å². The molecule has 0 aromatic heterocycles. The van der Waals surface area contributed by atoms with Crippen molar-refractivity contribution >= 4 is 17.3 Å². The monoisotopic (exact) mass is 346 g/mol. The molecule has 0 amide bonds.